The lowest BCUT2D eigenvalue weighted by atomic mass is 10.1. The van der Waals surface area contributed by atoms with Crippen LogP contribution in [0.5, 0.6) is 5.75 Å². The molecule has 0 spiro atoms. The van der Waals surface area contributed by atoms with Crippen LogP contribution >= 0.6 is 27.3 Å². The minimum atomic E-state index is -0.400. The first kappa shape index (κ1) is 19.9. The zero-order valence-corrected chi connectivity index (χ0v) is 18.0. The van der Waals surface area contributed by atoms with Crippen molar-refractivity contribution in [2.24, 2.45) is 5.92 Å². The van der Waals surface area contributed by atoms with Crippen LogP contribution in [0.3, 0.4) is 0 Å². The molecule has 0 saturated heterocycles. The number of methoxy groups -OCH3 is 1. The highest BCUT2D eigenvalue weighted by Crippen LogP contribution is 2.39. The van der Waals surface area contributed by atoms with Crippen molar-refractivity contribution in [3.05, 3.63) is 44.2 Å². The number of amides is 1. The van der Waals surface area contributed by atoms with Gasteiger partial charge in [0.1, 0.15) is 10.8 Å². The maximum Gasteiger partial charge on any atom is 0.341 e. The van der Waals surface area contributed by atoms with E-state index >= 15 is 0 Å². The molecule has 7 heteroatoms. The summed E-state index contributed by atoms with van der Waals surface area (Å²) in [6.07, 6.45) is 2.82. The Morgan fingerprint density at radius 3 is 2.74 bits per heavy atom. The lowest BCUT2D eigenvalue weighted by Gasteiger charge is -2.12. The van der Waals surface area contributed by atoms with Gasteiger partial charge in [0.25, 0.3) is 5.91 Å². The van der Waals surface area contributed by atoms with Crippen LogP contribution in [0.1, 0.15) is 51.4 Å². The number of esters is 1. The van der Waals surface area contributed by atoms with Crippen molar-refractivity contribution in [3.63, 3.8) is 0 Å². The van der Waals surface area contributed by atoms with Gasteiger partial charge in [-0.25, -0.2) is 4.79 Å². The molecule has 0 saturated carbocycles. The number of carbonyl (C=O) groups is 2. The van der Waals surface area contributed by atoms with Crippen molar-refractivity contribution in [3.8, 4) is 5.75 Å². The first-order valence-corrected chi connectivity index (χ1v) is 10.5. The predicted molar refractivity (Wildman–Crippen MR) is 110 cm³/mol. The second-order valence-corrected chi connectivity index (χ2v) is 8.82. The third kappa shape index (κ3) is 4.35. The van der Waals surface area contributed by atoms with Crippen LogP contribution in [0.25, 0.3) is 0 Å². The van der Waals surface area contributed by atoms with E-state index in [9.17, 15) is 9.59 Å². The fourth-order valence-corrected chi connectivity index (χ4v) is 4.77. The second kappa shape index (κ2) is 8.44. The van der Waals surface area contributed by atoms with E-state index in [-0.39, 0.29) is 5.91 Å². The number of hydrogen-bond donors (Lipinski definition) is 1. The Bertz CT molecular complexity index is 875. The Kier molecular flexibility index (Phi) is 6.22. The maximum absolute atomic E-state index is 12.7. The second-order valence-electron chi connectivity index (χ2n) is 6.86. The molecule has 1 amide bonds. The molecule has 1 heterocycles. The van der Waals surface area contributed by atoms with Crippen LogP contribution in [-0.4, -0.2) is 25.6 Å². The molecule has 27 heavy (non-hydrogen) atoms. The molecule has 0 radical (unpaired) electrons. The van der Waals surface area contributed by atoms with Gasteiger partial charge in [0.2, 0.25) is 0 Å². The summed E-state index contributed by atoms with van der Waals surface area (Å²) in [4.78, 5) is 26.1. The van der Waals surface area contributed by atoms with Gasteiger partial charge in [-0.1, -0.05) is 13.8 Å². The summed E-state index contributed by atoms with van der Waals surface area (Å²) in [6.45, 7) is 4.76. The molecule has 1 N–H and O–H groups in total. The van der Waals surface area contributed by atoms with Gasteiger partial charge in [-0.05, 0) is 64.9 Å². The largest absolute Gasteiger partial charge is 0.492 e. The van der Waals surface area contributed by atoms with E-state index in [0.29, 0.717) is 34.4 Å². The van der Waals surface area contributed by atoms with Crippen LogP contribution in [-0.2, 0) is 17.6 Å². The highest BCUT2D eigenvalue weighted by Gasteiger charge is 2.28. The maximum atomic E-state index is 12.7. The molecule has 0 fully saturated rings. The molecule has 144 valence electrons. The molecule has 0 bridgehead atoms. The van der Waals surface area contributed by atoms with Crippen molar-refractivity contribution in [2.75, 3.05) is 19.0 Å². The van der Waals surface area contributed by atoms with Gasteiger partial charge in [-0.3, -0.25) is 4.79 Å². The molecule has 0 aliphatic heterocycles. The predicted octanol–water partition coefficient (Wildman–Crippen LogP) is 5.07. The zero-order valence-electron chi connectivity index (χ0n) is 15.6. The summed E-state index contributed by atoms with van der Waals surface area (Å²) >= 11 is 4.92. The number of nitrogens with one attached hydrogen (secondary N) is 1. The van der Waals surface area contributed by atoms with Crippen molar-refractivity contribution in [1.29, 1.82) is 0 Å². The Morgan fingerprint density at radius 1 is 1.30 bits per heavy atom. The Morgan fingerprint density at radius 2 is 2.07 bits per heavy atom. The topological polar surface area (TPSA) is 64.6 Å². The number of fused-ring (bicyclic) bond motifs is 1. The summed E-state index contributed by atoms with van der Waals surface area (Å²) in [6, 6.07) is 5.22. The lowest BCUT2D eigenvalue weighted by molar-refractivity contribution is 0.0601. The first-order valence-electron chi connectivity index (χ1n) is 8.87. The van der Waals surface area contributed by atoms with E-state index in [4.69, 9.17) is 9.47 Å². The summed E-state index contributed by atoms with van der Waals surface area (Å²) < 4.78 is 11.4. The Balaban J connectivity index is 1.80. The molecule has 1 aliphatic carbocycles. The number of thiophene rings is 1. The molecule has 3 rings (SSSR count). The summed E-state index contributed by atoms with van der Waals surface area (Å²) in [7, 11) is 1.36. The van der Waals surface area contributed by atoms with Crippen molar-refractivity contribution < 1.29 is 19.1 Å². The minimum absolute atomic E-state index is 0.267. The number of aryl methyl sites for hydroxylation is 1. The molecule has 0 atom stereocenters. The zero-order chi connectivity index (χ0) is 19.6. The van der Waals surface area contributed by atoms with Crippen LogP contribution in [0.4, 0.5) is 5.00 Å². The van der Waals surface area contributed by atoms with Crippen LogP contribution in [0.15, 0.2) is 22.7 Å². The summed E-state index contributed by atoms with van der Waals surface area (Å²) in [5.74, 6) is 0.447. The van der Waals surface area contributed by atoms with E-state index in [2.05, 4.69) is 35.1 Å². The average molecular weight is 452 g/mol. The highest BCUT2D eigenvalue weighted by atomic mass is 79.9. The molecule has 1 aromatic carbocycles. The average Bonchev–Trinajstić information content (AvgIpc) is 3.20. The summed E-state index contributed by atoms with van der Waals surface area (Å²) in [5, 5.41) is 3.45. The molecule has 1 aromatic heterocycles. The SMILES string of the molecule is COC(=O)c1c(NC(=O)c2ccc(OCC(C)C)c(Br)c2)sc2c1CCC2. The van der Waals surface area contributed by atoms with Crippen LogP contribution in [0.2, 0.25) is 0 Å². The number of ether oxygens (including phenoxy) is 2. The van der Waals surface area contributed by atoms with Gasteiger partial charge in [0.15, 0.2) is 0 Å². The first-order chi connectivity index (χ1) is 12.9. The quantitative estimate of drug-likeness (QED) is 0.622. The molecule has 0 unspecified atom stereocenters. The van der Waals surface area contributed by atoms with Gasteiger partial charge >= 0.3 is 5.97 Å². The number of hydrogen-bond acceptors (Lipinski definition) is 5. The molecular weight excluding hydrogens is 430 g/mol. The van der Waals surface area contributed by atoms with Crippen LogP contribution < -0.4 is 10.1 Å². The third-order valence-corrected chi connectivity index (χ3v) is 6.13. The van der Waals surface area contributed by atoms with Crippen molar-refractivity contribution >= 4 is 44.1 Å². The minimum Gasteiger partial charge on any atom is -0.492 e. The fraction of sp³-hybridized carbons (Fsp3) is 0.400. The van der Waals surface area contributed by atoms with Crippen molar-refractivity contribution in [1.82, 2.24) is 0 Å². The van der Waals surface area contributed by atoms with Gasteiger partial charge in [-0.15, -0.1) is 11.3 Å². The monoisotopic (exact) mass is 451 g/mol. The lowest BCUT2D eigenvalue weighted by Crippen LogP contribution is -2.15. The smallest absolute Gasteiger partial charge is 0.341 e. The molecular formula is C20H22BrNO4S. The molecule has 5 nitrogen and oxygen atoms in total. The van der Waals surface area contributed by atoms with Crippen molar-refractivity contribution in [2.45, 2.75) is 33.1 Å². The fourth-order valence-electron chi connectivity index (χ4n) is 3.00. The highest BCUT2D eigenvalue weighted by molar-refractivity contribution is 9.10. The number of benzene rings is 1. The van der Waals surface area contributed by atoms with E-state index in [1.54, 1.807) is 18.2 Å². The van der Waals surface area contributed by atoms with E-state index in [0.717, 1.165) is 34.2 Å². The van der Waals surface area contributed by atoms with Gasteiger partial charge < -0.3 is 14.8 Å². The van der Waals surface area contributed by atoms with E-state index in [1.165, 1.54) is 18.4 Å². The van der Waals surface area contributed by atoms with E-state index < -0.39 is 5.97 Å². The molecule has 1 aliphatic rings. The number of anilines is 1. The van der Waals surface area contributed by atoms with Gasteiger partial charge in [0.05, 0.1) is 23.8 Å². The number of rotatable bonds is 6. The number of carbonyl (C=O) groups excluding carboxylic acids is 2. The number of halogens is 1. The Hall–Kier alpha value is -1.86. The third-order valence-electron chi connectivity index (χ3n) is 4.30. The Labute approximate surface area is 171 Å². The molecule has 2 aromatic rings. The normalized spacial score (nSPS) is 12.8. The summed E-state index contributed by atoms with van der Waals surface area (Å²) in [5.41, 5.74) is 2.00. The standard InChI is InChI=1S/C20H22BrNO4S/c1-11(2)10-26-15-8-7-12(9-14(15)21)18(23)22-19-17(20(24)25-3)13-5-4-6-16(13)27-19/h7-9,11H,4-6,10H2,1-3H3,(H,22,23). The van der Waals surface area contributed by atoms with Gasteiger partial charge in [0, 0.05) is 10.4 Å². The van der Waals surface area contributed by atoms with Crippen LogP contribution in [0, 0.1) is 5.92 Å². The van der Waals surface area contributed by atoms with E-state index in [1.807, 2.05) is 0 Å². The van der Waals surface area contributed by atoms with Gasteiger partial charge in [-0.2, -0.15) is 0 Å².